The fourth-order valence-corrected chi connectivity index (χ4v) is 6.12. The van der Waals surface area contributed by atoms with E-state index in [-0.39, 0.29) is 19.1 Å². The molecule has 0 radical (unpaired) electrons. The third kappa shape index (κ3) is 5.10. The maximum Gasteiger partial charge on any atom is 0.320 e. The van der Waals surface area contributed by atoms with Gasteiger partial charge in [0.05, 0.1) is 0 Å². The van der Waals surface area contributed by atoms with Gasteiger partial charge in [0.2, 0.25) is 7.37 Å². The Bertz CT molecular complexity index is 907. The van der Waals surface area contributed by atoms with E-state index in [0.29, 0.717) is 38.2 Å². The van der Waals surface area contributed by atoms with Gasteiger partial charge >= 0.3 is 5.97 Å². The van der Waals surface area contributed by atoms with Crippen LogP contribution >= 0.6 is 7.37 Å². The second-order valence-electron chi connectivity index (χ2n) is 7.78. The number of nitrogens with two attached hydrogens (primary N) is 1. The zero-order chi connectivity index (χ0) is 21.6. The first kappa shape index (κ1) is 22.5. The molecule has 2 aromatic rings. The normalized spacial score (nSPS) is 24.5. The van der Waals surface area contributed by atoms with E-state index in [1.807, 2.05) is 59.5 Å². The summed E-state index contributed by atoms with van der Waals surface area (Å²) in [4.78, 5) is 24.6. The number of carbonyl (C=O) groups is 1. The molecule has 8 heteroatoms. The summed E-state index contributed by atoms with van der Waals surface area (Å²) in [5, 5.41) is 8.27. The SMILES string of the molecule is NCCCCC1(C(=O)O)CN(Cc2cccc(Oc3ccccc3)c2)CCP1(=O)O. The summed E-state index contributed by atoms with van der Waals surface area (Å²) in [7, 11) is -3.83. The van der Waals surface area contributed by atoms with Gasteiger partial charge in [0.15, 0.2) is 5.16 Å². The number of ether oxygens (including phenoxy) is 1. The van der Waals surface area contributed by atoms with Crippen molar-refractivity contribution in [1.29, 1.82) is 0 Å². The van der Waals surface area contributed by atoms with E-state index < -0.39 is 18.5 Å². The summed E-state index contributed by atoms with van der Waals surface area (Å²) >= 11 is 0. The van der Waals surface area contributed by atoms with E-state index in [4.69, 9.17) is 10.5 Å². The van der Waals surface area contributed by atoms with Crippen LogP contribution in [0.3, 0.4) is 0 Å². The molecule has 2 atom stereocenters. The van der Waals surface area contributed by atoms with Gasteiger partial charge in [-0.05, 0) is 49.2 Å². The van der Waals surface area contributed by atoms with Crippen LogP contribution in [0.25, 0.3) is 0 Å². The summed E-state index contributed by atoms with van der Waals surface area (Å²) in [6, 6.07) is 17.1. The van der Waals surface area contributed by atoms with Crippen LogP contribution in [0, 0.1) is 0 Å². The fraction of sp³-hybridized carbons (Fsp3) is 0.409. The average molecular weight is 432 g/mol. The van der Waals surface area contributed by atoms with Crippen molar-refractivity contribution in [3.63, 3.8) is 0 Å². The van der Waals surface area contributed by atoms with Crippen molar-refractivity contribution < 1.29 is 24.1 Å². The van der Waals surface area contributed by atoms with E-state index >= 15 is 0 Å². The summed E-state index contributed by atoms with van der Waals surface area (Å²) in [5.41, 5.74) is 6.49. The van der Waals surface area contributed by atoms with E-state index in [1.165, 1.54) is 0 Å². The molecular formula is C22H29N2O5P. The highest BCUT2D eigenvalue weighted by Gasteiger charge is 2.56. The molecule has 0 bridgehead atoms. The van der Waals surface area contributed by atoms with Crippen LogP contribution in [0.1, 0.15) is 24.8 Å². The molecule has 3 rings (SSSR count). The number of carboxylic acids is 1. The minimum atomic E-state index is -3.83. The molecule has 4 N–H and O–H groups in total. The van der Waals surface area contributed by atoms with Gasteiger partial charge in [-0.3, -0.25) is 14.3 Å². The monoisotopic (exact) mass is 432 g/mol. The van der Waals surface area contributed by atoms with E-state index in [0.717, 1.165) is 11.3 Å². The zero-order valence-corrected chi connectivity index (χ0v) is 17.8. The first-order valence-corrected chi connectivity index (χ1v) is 12.0. The summed E-state index contributed by atoms with van der Waals surface area (Å²) in [6.07, 6.45) is 1.28. The quantitative estimate of drug-likeness (QED) is 0.410. The number of nitrogens with zero attached hydrogens (tertiary/aromatic N) is 1. The average Bonchev–Trinajstić information content (AvgIpc) is 2.71. The maximum atomic E-state index is 12.9. The van der Waals surface area contributed by atoms with Crippen molar-refractivity contribution in [2.75, 3.05) is 25.8 Å². The highest BCUT2D eigenvalue weighted by molar-refractivity contribution is 7.61. The third-order valence-corrected chi connectivity index (χ3v) is 8.30. The van der Waals surface area contributed by atoms with Gasteiger partial charge in [-0.15, -0.1) is 0 Å². The second kappa shape index (κ2) is 9.75. The number of aliphatic carboxylic acids is 1. The first-order chi connectivity index (χ1) is 14.4. The maximum absolute atomic E-state index is 12.9. The Hall–Kier alpha value is -2.18. The van der Waals surface area contributed by atoms with Crippen molar-refractivity contribution >= 4 is 13.3 Å². The lowest BCUT2D eigenvalue weighted by Gasteiger charge is -2.43. The van der Waals surface area contributed by atoms with Gasteiger partial charge in [0, 0.05) is 25.8 Å². The highest BCUT2D eigenvalue weighted by Crippen LogP contribution is 2.59. The van der Waals surface area contributed by atoms with Crippen molar-refractivity contribution in [2.45, 2.75) is 31.0 Å². The van der Waals surface area contributed by atoms with Crippen molar-refractivity contribution in [3.05, 3.63) is 60.2 Å². The van der Waals surface area contributed by atoms with Crippen LogP contribution in [0.2, 0.25) is 0 Å². The molecule has 0 amide bonds. The number of benzene rings is 2. The Morgan fingerprint density at radius 3 is 2.57 bits per heavy atom. The molecule has 1 heterocycles. The van der Waals surface area contributed by atoms with Gasteiger partial charge in [0.1, 0.15) is 11.5 Å². The Balaban J connectivity index is 1.74. The minimum Gasteiger partial charge on any atom is -0.480 e. The van der Waals surface area contributed by atoms with Crippen LogP contribution in [0.5, 0.6) is 11.5 Å². The number of hydrogen-bond acceptors (Lipinski definition) is 5. The summed E-state index contributed by atoms with van der Waals surface area (Å²) < 4.78 is 18.8. The lowest BCUT2D eigenvalue weighted by molar-refractivity contribution is -0.141. The van der Waals surface area contributed by atoms with Crippen LogP contribution in [-0.2, 0) is 15.9 Å². The van der Waals surface area contributed by atoms with Crippen molar-refractivity contribution in [2.24, 2.45) is 5.73 Å². The van der Waals surface area contributed by atoms with Gasteiger partial charge in [-0.2, -0.15) is 0 Å². The van der Waals surface area contributed by atoms with Crippen LogP contribution in [-0.4, -0.2) is 51.8 Å². The van der Waals surface area contributed by atoms with Gasteiger partial charge in [-0.25, -0.2) is 0 Å². The van der Waals surface area contributed by atoms with Gasteiger partial charge in [0.25, 0.3) is 0 Å². The highest BCUT2D eigenvalue weighted by atomic mass is 31.2. The van der Waals surface area contributed by atoms with E-state index in [1.54, 1.807) is 0 Å². The Morgan fingerprint density at radius 1 is 1.13 bits per heavy atom. The second-order valence-corrected chi connectivity index (χ2v) is 10.5. The van der Waals surface area contributed by atoms with E-state index in [9.17, 15) is 19.4 Å². The molecule has 30 heavy (non-hydrogen) atoms. The molecule has 0 spiro atoms. The molecule has 162 valence electrons. The van der Waals surface area contributed by atoms with Crippen LogP contribution in [0.15, 0.2) is 54.6 Å². The lowest BCUT2D eigenvalue weighted by atomic mass is 9.99. The number of hydrogen-bond donors (Lipinski definition) is 3. The molecule has 7 nitrogen and oxygen atoms in total. The smallest absolute Gasteiger partial charge is 0.320 e. The minimum absolute atomic E-state index is 0.0257. The molecule has 0 aliphatic carbocycles. The summed E-state index contributed by atoms with van der Waals surface area (Å²) in [6.45, 7) is 1.34. The molecule has 1 aliphatic heterocycles. The van der Waals surface area contributed by atoms with E-state index in [2.05, 4.69) is 0 Å². The number of rotatable bonds is 9. The number of para-hydroxylation sites is 1. The molecule has 0 aromatic heterocycles. The van der Waals surface area contributed by atoms with Gasteiger partial charge in [-0.1, -0.05) is 36.8 Å². The van der Waals surface area contributed by atoms with Crippen LogP contribution < -0.4 is 10.5 Å². The predicted octanol–water partition coefficient (Wildman–Crippen LogP) is 3.52. The summed E-state index contributed by atoms with van der Waals surface area (Å²) in [5.74, 6) is 0.228. The molecule has 0 saturated carbocycles. The predicted molar refractivity (Wildman–Crippen MR) is 116 cm³/mol. The molecule has 1 saturated heterocycles. The fourth-order valence-electron chi connectivity index (χ4n) is 3.92. The number of carboxylic acid groups (broad SMARTS) is 1. The Labute approximate surface area is 176 Å². The largest absolute Gasteiger partial charge is 0.480 e. The molecular weight excluding hydrogens is 403 g/mol. The Kier molecular flexibility index (Phi) is 7.32. The lowest BCUT2D eigenvalue weighted by Crippen LogP contribution is -2.53. The van der Waals surface area contributed by atoms with Gasteiger partial charge < -0.3 is 20.5 Å². The molecule has 1 aliphatic rings. The zero-order valence-electron chi connectivity index (χ0n) is 16.9. The van der Waals surface area contributed by atoms with Crippen molar-refractivity contribution in [3.8, 4) is 11.5 Å². The Morgan fingerprint density at radius 2 is 1.87 bits per heavy atom. The van der Waals surface area contributed by atoms with Crippen molar-refractivity contribution in [1.82, 2.24) is 4.90 Å². The van der Waals surface area contributed by atoms with Crippen LogP contribution in [0.4, 0.5) is 0 Å². The standard InChI is InChI=1S/C22H29N2O5P/c23-12-5-4-11-22(21(25)26)17-24(13-14-30(22,27)28)16-18-7-6-10-20(15-18)29-19-8-2-1-3-9-19/h1-3,6-10,15H,4-5,11-14,16-17,23H2,(H,25,26)(H,27,28). The molecule has 2 aromatic carbocycles. The third-order valence-electron chi connectivity index (χ3n) is 5.60. The number of unbranched alkanes of at least 4 members (excludes halogenated alkanes) is 1. The molecule has 1 fully saturated rings. The first-order valence-electron chi connectivity index (χ1n) is 10.2. The topological polar surface area (TPSA) is 113 Å². The molecule has 2 unspecified atom stereocenters.